The van der Waals surface area contributed by atoms with E-state index in [-0.39, 0.29) is 5.54 Å². The molecule has 0 unspecified atom stereocenters. The molecule has 0 bridgehead atoms. The number of oxime groups is 1. The minimum absolute atomic E-state index is 0.298. The molecule has 1 saturated heterocycles. The first-order valence-corrected chi connectivity index (χ1v) is 8.47. The molecular weight excluding hydrogens is 264 g/mol. The molecule has 0 atom stereocenters. The van der Waals surface area contributed by atoms with Crippen LogP contribution in [0.3, 0.4) is 0 Å². The van der Waals surface area contributed by atoms with Crippen molar-refractivity contribution in [2.45, 2.75) is 64.8 Å². The van der Waals surface area contributed by atoms with Crippen molar-refractivity contribution in [1.29, 1.82) is 0 Å². The molecule has 1 rings (SSSR count). The maximum atomic E-state index is 8.88. The second kappa shape index (κ2) is 9.26. The third-order valence-electron chi connectivity index (χ3n) is 4.73. The van der Waals surface area contributed by atoms with E-state index in [0.717, 1.165) is 26.2 Å². The smallest absolute Gasteiger partial charge is 0.159 e. The van der Waals surface area contributed by atoms with Gasteiger partial charge in [-0.05, 0) is 26.8 Å². The second-order valence-electron chi connectivity index (χ2n) is 6.64. The second-order valence-corrected chi connectivity index (χ2v) is 6.64. The van der Waals surface area contributed by atoms with E-state index < -0.39 is 0 Å². The molecule has 0 spiro atoms. The molecule has 0 aromatic carbocycles. The quantitative estimate of drug-likeness (QED) is 0.226. The monoisotopic (exact) mass is 298 g/mol. The summed E-state index contributed by atoms with van der Waals surface area (Å²) in [5, 5.41) is 12.1. The first-order chi connectivity index (χ1) is 10.0. The molecule has 1 aliphatic rings. The molecule has 3 N–H and O–H groups in total. The lowest BCUT2D eigenvalue weighted by Gasteiger charge is -2.43. The van der Waals surface area contributed by atoms with Gasteiger partial charge in [0.2, 0.25) is 0 Å². The fourth-order valence-electron chi connectivity index (χ4n) is 2.93. The number of hydrogen-bond acceptors (Lipinski definition) is 4. The molecule has 21 heavy (non-hydrogen) atoms. The van der Waals surface area contributed by atoms with Crippen LogP contribution < -0.4 is 5.73 Å². The Hall–Kier alpha value is -0.810. The van der Waals surface area contributed by atoms with Crippen LogP contribution in [0.4, 0.5) is 0 Å². The lowest BCUT2D eigenvalue weighted by Crippen LogP contribution is -2.59. The molecular formula is C16H34N4O. The van der Waals surface area contributed by atoms with Gasteiger partial charge in [-0.25, -0.2) is 0 Å². The normalized spacial score (nSPS) is 19.1. The summed E-state index contributed by atoms with van der Waals surface area (Å²) in [5.41, 5.74) is 5.44. The van der Waals surface area contributed by atoms with Crippen LogP contribution in [0.15, 0.2) is 5.16 Å². The molecule has 0 saturated carbocycles. The van der Waals surface area contributed by atoms with Gasteiger partial charge in [0.15, 0.2) is 5.84 Å². The summed E-state index contributed by atoms with van der Waals surface area (Å²) in [4.78, 5) is 4.85. The van der Waals surface area contributed by atoms with Crippen molar-refractivity contribution >= 4 is 5.84 Å². The van der Waals surface area contributed by atoms with E-state index in [1.807, 2.05) is 13.8 Å². The van der Waals surface area contributed by atoms with Crippen LogP contribution in [0, 0.1) is 0 Å². The van der Waals surface area contributed by atoms with Gasteiger partial charge in [0, 0.05) is 26.2 Å². The topological polar surface area (TPSA) is 65.1 Å². The first-order valence-electron chi connectivity index (χ1n) is 8.47. The number of hydrogen-bond donors (Lipinski definition) is 2. The number of rotatable bonds is 9. The molecule has 0 amide bonds. The molecule has 1 heterocycles. The lowest BCUT2D eigenvalue weighted by atomic mass is 10.00. The minimum Gasteiger partial charge on any atom is -0.409 e. The predicted molar refractivity (Wildman–Crippen MR) is 88.9 cm³/mol. The number of nitrogens with zero attached hydrogens (tertiary/aromatic N) is 3. The fourth-order valence-corrected chi connectivity index (χ4v) is 2.93. The lowest BCUT2D eigenvalue weighted by molar-refractivity contribution is 0.0822. The van der Waals surface area contributed by atoms with Crippen LogP contribution in [-0.2, 0) is 0 Å². The van der Waals surface area contributed by atoms with Gasteiger partial charge in [0.25, 0.3) is 0 Å². The molecule has 1 aliphatic heterocycles. The van der Waals surface area contributed by atoms with Gasteiger partial charge in [0.05, 0.1) is 5.54 Å². The summed E-state index contributed by atoms with van der Waals surface area (Å²) in [6, 6.07) is 0. The van der Waals surface area contributed by atoms with Crippen molar-refractivity contribution < 1.29 is 5.21 Å². The fraction of sp³-hybridized carbons (Fsp3) is 0.938. The Kier molecular flexibility index (Phi) is 8.04. The van der Waals surface area contributed by atoms with Crippen LogP contribution >= 0.6 is 0 Å². The zero-order chi connectivity index (χ0) is 15.7. The van der Waals surface area contributed by atoms with Gasteiger partial charge in [0.1, 0.15) is 0 Å². The first kappa shape index (κ1) is 18.2. The highest BCUT2D eigenvalue weighted by Crippen LogP contribution is 2.17. The third kappa shape index (κ3) is 5.83. The van der Waals surface area contributed by atoms with Crippen molar-refractivity contribution in [1.82, 2.24) is 9.80 Å². The average Bonchev–Trinajstić information content (AvgIpc) is 2.50. The molecule has 0 radical (unpaired) electrons. The van der Waals surface area contributed by atoms with Crippen molar-refractivity contribution in [2.75, 3.05) is 32.7 Å². The van der Waals surface area contributed by atoms with E-state index in [1.165, 1.54) is 45.1 Å². The SMILES string of the molecule is CCCCCCCCN1CCN(C(C)(C)C(N)=NO)CC1. The summed E-state index contributed by atoms with van der Waals surface area (Å²) < 4.78 is 0. The minimum atomic E-state index is -0.360. The van der Waals surface area contributed by atoms with E-state index in [0.29, 0.717) is 5.84 Å². The molecule has 0 aromatic heterocycles. The summed E-state index contributed by atoms with van der Waals surface area (Å²) >= 11 is 0. The Morgan fingerprint density at radius 3 is 2.19 bits per heavy atom. The highest BCUT2D eigenvalue weighted by molar-refractivity contribution is 5.88. The Bertz CT molecular complexity index is 309. The van der Waals surface area contributed by atoms with E-state index in [1.54, 1.807) is 0 Å². The third-order valence-corrected chi connectivity index (χ3v) is 4.73. The van der Waals surface area contributed by atoms with Crippen molar-refractivity contribution in [2.24, 2.45) is 10.9 Å². The van der Waals surface area contributed by atoms with E-state index in [9.17, 15) is 0 Å². The Morgan fingerprint density at radius 1 is 1.05 bits per heavy atom. The number of amidine groups is 1. The van der Waals surface area contributed by atoms with Crippen LogP contribution in [0.5, 0.6) is 0 Å². The molecule has 5 heteroatoms. The maximum absolute atomic E-state index is 8.88. The zero-order valence-corrected chi connectivity index (χ0v) is 14.1. The number of unbranched alkanes of at least 4 members (excludes halogenated alkanes) is 5. The molecule has 5 nitrogen and oxygen atoms in total. The summed E-state index contributed by atoms with van der Waals surface area (Å²) in [7, 11) is 0. The van der Waals surface area contributed by atoms with E-state index >= 15 is 0 Å². The summed E-state index contributed by atoms with van der Waals surface area (Å²) in [6.45, 7) is 11.6. The van der Waals surface area contributed by atoms with Gasteiger partial charge in [-0.3, -0.25) is 4.90 Å². The highest BCUT2D eigenvalue weighted by atomic mass is 16.4. The average molecular weight is 298 g/mol. The molecule has 0 aromatic rings. The molecule has 124 valence electrons. The van der Waals surface area contributed by atoms with E-state index in [2.05, 4.69) is 21.9 Å². The zero-order valence-electron chi connectivity index (χ0n) is 14.1. The molecule has 1 fully saturated rings. The van der Waals surface area contributed by atoms with Gasteiger partial charge >= 0.3 is 0 Å². The summed E-state index contributed by atoms with van der Waals surface area (Å²) in [5.74, 6) is 0.298. The van der Waals surface area contributed by atoms with Crippen LogP contribution in [-0.4, -0.2) is 59.1 Å². The van der Waals surface area contributed by atoms with Gasteiger partial charge in [-0.2, -0.15) is 0 Å². The predicted octanol–water partition coefficient (Wildman–Crippen LogP) is 2.49. The van der Waals surface area contributed by atoms with Crippen LogP contribution in [0.2, 0.25) is 0 Å². The summed E-state index contributed by atoms with van der Waals surface area (Å²) in [6.07, 6.45) is 8.13. The largest absolute Gasteiger partial charge is 0.409 e. The van der Waals surface area contributed by atoms with Gasteiger partial charge < -0.3 is 15.8 Å². The number of nitrogens with two attached hydrogens (primary N) is 1. The van der Waals surface area contributed by atoms with Crippen molar-refractivity contribution in [3.8, 4) is 0 Å². The Balaban J connectivity index is 2.20. The van der Waals surface area contributed by atoms with Crippen molar-refractivity contribution in [3.05, 3.63) is 0 Å². The van der Waals surface area contributed by atoms with Crippen LogP contribution in [0.1, 0.15) is 59.3 Å². The van der Waals surface area contributed by atoms with Crippen LogP contribution in [0.25, 0.3) is 0 Å². The van der Waals surface area contributed by atoms with Gasteiger partial charge in [-0.1, -0.05) is 44.2 Å². The Morgan fingerprint density at radius 2 is 1.62 bits per heavy atom. The number of piperazine rings is 1. The highest BCUT2D eigenvalue weighted by Gasteiger charge is 2.33. The maximum Gasteiger partial charge on any atom is 0.159 e. The molecule has 0 aliphatic carbocycles. The van der Waals surface area contributed by atoms with E-state index in [4.69, 9.17) is 10.9 Å². The standard InChI is InChI=1S/C16H34N4O/c1-4-5-6-7-8-9-10-19-11-13-20(14-12-19)16(2,3)15(17)18-21/h21H,4-14H2,1-3H3,(H2,17,18). The van der Waals surface area contributed by atoms with Gasteiger partial charge in [-0.15, -0.1) is 0 Å². The van der Waals surface area contributed by atoms with Crippen molar-refractivity contribution in [3.63, 3.8) is 0 Å². The Labute approximate surface area is 130 Å².